The van der Waals surface area contributed by atoms with Crippen LogP contribution in [-0.4, -0.2) is 4.92 Å². The average Bonchev–Trinajstić information content (AvgIpc) is 1.99. The molecule has 0 aliphatic carbocycles. The number of hydrogen-bond donors (Lipinski definition) is 0. The van der Waals surface area contributed by atoms with Crippen molar-refractivity contribution < 1.29 is 13.7 Å². The summed E-state index contributed by atoms with van der Waals surface area (Å²) in [4.78, 5) is 9.21. The molecule has 0 aliphatic heterocycles. The number of benzene rings is 1. The highest BCUT2D eigenvalue weighted by Gasteiger charge is 2.14. The fourth-order valence-electron chi connectivity index (χ4n) is 0.648. The molecule has 0 aromatic heterocycles. The predicted octanol–water partition coefficient (Wildman–Crippen LogP) is 2.64. The molecular weight excluding hydrogens is 236 g/mol. The normalized spacial score (nSPS) is 9.92. The molecule has 0 saturated carbocycles. The van der Waals surface area contributed by atoms with E-state index in [9.17, 15) is 18.9 Å². The smallest absolute Gasteiger partial charge is 0.258 e. The molecule has 0 fully saturated rings. The van der Waals surface area contributed by atoms with Gasteiger partial charge in [-0.05, 0) is 15.9 Å². The third kappa shape index (κ3) is 1.58. The Balaban J connectivity index is 3.31. The summed E-state index contributed by atoms with van der Waals surface area (Å²) < 4.78 is 24.8. The minimum Gasteiger partial charge on any atom is -0.258 e. The van der Waals surface area contributed by atoms with Gasteiger partial charge in [0.1, 0.15) is 11.6 Å². The Hall–Kier alpha value is -1.04. The van der Waals surface area contributed by atoms with E-state index < -0.39 is 26.7 Å². The van der Waals surface area contributed by atoms with Crippen molar-refractivity contribution in [2.45, 2.75) is 0 Å². The Labute approximate surface area is 74.3 Å². The molecule has 0 spiro atoms. The molecule has 12 heavy (non-hydrogen) atoms. The Kier molecular flexibility index (Phi) is 2.37. The van der Waals surface area contributed by atoms with Crippen molar-refractivity contribution in [2.24, 2.45) is 0 Å². The van der Waals surface area contributed by atoms with E-state index in [1.165, 1.54) is 0 Å². The summed E-state index contributed by atoms with van der Waals surface area (Å²) in [6, 6.07) is 1.29. The minimum absolute atomic E-state index is 0.395. The lowest BCUT2D eigenvalue weighted by atomic mass is 10.3. The second-order valence-electron chi connectivity index (χ2n) is 1.98. The van der Waals surface area contributed by atoms with E-state index in [-0.39, 0.29) is 0 Å². The van der Waals surface area contributed by atoms with Gasteiger partial charge in [0.25, 0.3) is 5.69 Å². The number of nitro groups is 1. The van der Waals surface area contributed by atoms with Crippen molar-refractivity contribution in [3.05, 3.63) is 38.4 Å². The first-order valence-corrected chi connectivity index (χ1v) is 3.60. The van der Waals surface area contributed by atoms with Gasteiger partial charge in [-0.2, -0.15) is 0 Å². The van der Waals surface area contributed by atoms with Crippen molar-refractivity contribution in [1.82, 2.24) is 0 Å². The second kappa shape index (κ2) is 3.14. The zero-order valence-electron chi connectivity index (χ0n) is 5.55. The predicted molar refractivity (Wildman–Crippen MR) is 40.7 cm³/mol. The number of hydrogen-bond acceptors (Lipinski definition) is 2. The van der Waals surface area contributed by atoms with Crippen LogP contribution in [-0.2, 0) is 0 Å². The summed E-state index contributed by atoms with van der Waals surface area (Å²) in [5, 5.41) is 10.1. The van der Waals surface area contributed by atoms with Gasteiger partial charge in [0.2, 0.25) is 0 Å². The number of nitrogens with zero attached hydrogens (tertiary/aromatic N) is 1. The maximum absolute atomic E-state index is 12.6. The van der Waals surface area contributed by atoms with Gasteiger partial charge in [0.05, 0.1) is 21.5 Å². The molecule has 1 rings (SSSR count). The highest BCUT2D eigenvalue weighted by molar-refractivity contribution is 9.10. The summed E-state index contributed by atoms with van der Waals surface area (Å²) in [5.41, 5.74) is -0.604. The molecule has 6 heteroatoms. The molecule has 0 radical (unpaired) electrons. The van der Waals surface area contributed by atoms with E-state index in [0.29, 0.717) is 12.1 Å². The number of rotatable bonds is 1. The van der Waals surface area contributed by atoms with Crippen LogP contribution < -0.4 is 0 Å². The van der Waals surface area contributed by atoms with Crippen molar-refractivity contribution >= 4 is 21.6 Å². The zero-order chi connectivity index (χ0) is 9.30. The molecule has 0 aliphatic rings. The SMILES string of the molecule is O=[N+]([O-])c1cc(F)c(Br)c(F)c1. The quantitative estimate of drug-likeness (QED) is 0.428. The minimum atomic E-state index is -0.985. The van der Waals surface area contributed by atoms with Crippen molar-refractivity contribution in [1.29, 1.82) is 0 Å². The zero-order valence-corrected chi connectivity index (χ0v) is 7.14. The van der Waals surface area contributed by atoms with Crippen molar-refractivity contribution in [3.63, 3.8) is 0 Å². The number of halogens is 3. The summed E-state index contributed by atoms with van der Waals surface area (Å²) in [6.07, 6.45) is 0. The van der Waals surface area contributed by atoms with Crippen LogP contribution in [0.3, 0.4) is 0 Å². The maximum atomic E-state index is 12.6. The molecule has 0 bridgehead atoms. The van der Waals surface area contributed by atoms with Crippen LogP contribution in [0, 0.1) is 21.7 Å². The van der Waals surface area contributed by atoms with Crippen molar-refractivity contribution in [3.8, 4) is 0 Å². The third-order valence-corrected chi connectivity index (χ3v) is 1.94. The van der Waals surface area contributed by atoms with E-state index >= 15 is 0 Å². The summed E-state index contributed by atoms with van der Waals surface area (Å²) in [6.45, 7) is 0. The molecule has 0 unspecified atom stereocenters. The molecule has 0 heterocycles. The van der Waals surface area contributed by atoms with Gasteiger partial charge in [-0.25, -0.2) is 8.78 Å². The van der Waals surface area contributed by atoms with Crippen LogP contribution in [0.5, 0.6) is 0 Å². The lowest BCUT2D eigenvalue weighted by Gasteiger charge is -1.95. The van der Waals surface area contributed by atoms with Crippen LogP contribution in [0.1, 0.15) is 0 Å². The first-order valence-electron chi connectivity index (χ1n) is 2.81. The highest BCUT2D eigenvalue weighted by Crippen LogP contribution is 2.24. The molecule has 0 atom stereocenters. The van der Waals surface area contributed by atoms with Crippen molar-refractivity contribution in [2.75, 3.05) is 0 Å². The first kappa shape index (κ1) is 9.05. The van der Waals surface area contributed by atoms with Gasteiger partial charge in [-0.1, -0.05) is 0 Å². The molecule has 3 nitrogen and oxygen atoms in total. The van der Waals surface area contributed by atoms with Gasteiger partial charge in [0.15, 0.2) is 0 Å². The largest absolute Gasteiger partial charge is 0.275 e. The van der Waals surface area contributed by atoms with E-state index in [1.54, 1.807) is 0 Å². The van der Waals surface area contributed by atoms with Crippen LogP contribution >= 0.6 is 15.9 Å². The number of nitro benzene ring substituents is 1. The Morgan fingerprint density at radius 1 is 1.33 bits per heavy atom. The Morgan fingerprint density at radius 2 is 1.75 bits per heavy atom. The summed E-state index contributed by atoms with van der Waals surface area (Å²) >= 11 is 2.59. The van der Waals surface area contributed by atoms with Crippen LogP contribution in [0.2, 0.25) is 0 Å². The van der Waals surface area contributed by atoms with E-state index in [0.717, 1.165) is 0 Å². The van der Waals surface area contributed by atoms with Crippen LogP contribution in [0.25, 0.3) is 0 Å². The summed E-state index contributed by atoms with van der Waals surface area (Å²) in [7, 11) is 0. The standard InChI is InChI=1S/C6H2BrF2NO2/c7-6-4(8)1-3(10(11)12)2-5(6)9/h1-2H. The van der Waals surface area contributed by atoms with Gasteiger partial charge < -0.3 is 0 Å². The lowest BCUT2D eigenvalue weighted by Crippen LogP contribution is -1.92. The van der Waals surface area contributed by atoms with Gasteiger partial charge in [0, 0.05) is 0 Å². The molecule has 0 N–H and O–H groups in total. The van der Waals surface area contributed by atoms with Crippen LogP contribution in [0.4, 0.5) is 14.5 Å². The fraction of sp³-hybridized carbons (Fsp3) is 0. The molecule has 0 amide bonds. The second-order valence-corrected chi connectivity index (χ2v) is 2.77. The summed E-state index contributed by atoms with van der Waals surface area (Å²) in [5.74, 6) is -1.97. The molecule has 1 aromatic carbocycles. The van der Waals surface area contributed by atoms with E-state index in [2.05, 4.69) is 15.9 Å². The Bertz CT molecular complexity index is 319. The average molecular weight is 238 g/mol. The monoisotopic (exact) mass is 237 g/mol. The molecule has 1 aromatic rings. The maximum Gasteiger partial charge on any atom is 0.275 e. The lowest BCUT2D eigenvalue weighted by molar-refractivity contribution is -0.385. The first-order chi connectivity index (χ1) is 5.52. The Morgan fingerprint density at radius 3 is 2.08 bits per heavy atom. The molecular formula is C6H2BrF2NO2. The highest BCUT2D eigenvalue weighted by atomic mass is 79.9. The van der Waals surface area contributed by atoms with E-state index in [4.69, 9.17) is 0 Å². The van der Waals surface area contributed by atoms with Gasteiger partial charge in [-0.15, -0.1) is 0 Å². The topological polar surface area (TPSA) is 43.1 Å². The number of non-ortho nitro benzene ring substituents is 1. The van der Waals surface area contributed by atoms with Gasteiger partial charge >= 0.3 is 0 Å². The molecule has 0 saturated heterocycles. The molecule has 64 valence electrons. The van der Waals surface area contributed by atoms with E-state index in [1.807, 2.05) is 0 Å². The fourth-order valence-corrected chi connectivity index (χ4v) is 0.876. The third-order valence-electron chi connectivity index (χ3n) is 1.18. The van der Waals surface area contributed by atoms with Gasteiger partial charge in [-0.3, -0.25) is 10.1 Å². The van der Waals surface area contributed by atoms with Crippen LogP contribution in [0.15, 0.2) is 16.6 Å².